The fraction of sp³-hybridized carbons (Fsp3) is 0.538. The van der Waals surface area contributed by atoms with Crippen molar-refractivity contribution in [2.75, 3.05) is 20.2 Å². The minimum Gasteiger partial charge on any atom is -0.380 e. The van der Waals surface area contributed by atoms with Crippen LogP contribution in [0.4, 0.5) is 13.2 Å². The van der Waals surface area contributed by atoms with Crippen molar-refractivity contribution < 1.29 is 17.9 Å². The Morgan fingerprint density at radius 3 is 2.68 bits per heavy atom. The maximum absolute atomic E-state index is 12.6. The highest BCUT2D eigenvalue weighted by Crippen LogP contribution is 2.32. The second-order valence-corrected chi connectivity index (χ2v) is 5.54. The minimum absolute atomic E-state index is 0.230. The first-order chi connectivity index (χ1) is 8.90. The summed E-state index contributed by atoms with van der Waals surface area (Å²) in [5, 5.41) is 0. The van der Waals surface area contributed by atoms with Gasteiger partial charge in [-0.05, 0) is 24.1 Å². The van der Waals surface area contributed by atoms with E-state index in [2.05, 4.69) is 20.8 Å². The molecule has 1 aliphatic rings. The zero-order valence-corrected chi connectivity index (χ0v) is 12.1. The Morgan fingerprint density at radius 1 is 1.42 bits per heavy atom. The predicted octanol–water partition coefficient (Wildman–Crippen LogP) is 3.69. The largest absolute Gasteiger partial charge is 0.416 e. The number of likely N-dealkylation sites (tertiary alicyclic amines) is 1. The molecule has 0 N–H and O–H groups in total. The van der Waals surface area contributed by atoms with E-state index in [1.54, 1.807) is 7.11 Å². The highest BCUT2D eigenvalue weighted by Gasteiger charge is 2.31. The van der Waals surface area contributed by atoms with Crippen LogP contribution in [0.3, 0.4) is 0 Å². The molecule has 2 nitrogen and oxygen atoms in total. The summed E-state index contributed by atoms with van der Waals surface area (Å²) in [5.41, 5.74) is 0.240. The monoisotopic (exact) mass is 337 g/mol. The second kappa shape index (κ2) is 5.81. The van der Waals surface area contributed by atoms with Gasteiger partial charge in [0.05, 0.1) is 11.7 Å². The normalized spacial score (nSPS) is 21.0. The van der Waals surface area contributed by atoms with Gasteiger partial charge in [0.25, 0.3) is 0 Å². The lowest BCUT2D eigenvalue weighted by molar-refractivity contribution is -0.137. The number of hydrogen-bond donors (Lipinski definition) is 0. The lowest BCUT2D eigenvalue weighted by Gasteiger charge is -2.17. The third-order valence-corrected chi connectivity index (χ3v) is 4.08. The van der Waals surface area contributed by atoms with Crippen LogP contribution in [0.15, 0.2) is 22.7 Å². The SMILES string of the molecule is CO[C@H]1CCN(Cc2ccc(C(F)(F)F)cc2Br)C1. The maximum atomic E-state index is 12.6. The summed E-state index contributed by atoms with van der Waals surface area (Å²) >= 11 is 3.22. The number of benzene rings is 1. The van der Waals surface area contributed by atoms with Crippen molar-refractivity contribution >= 4 is 15.9 Å². The molecule has 0 saturated carbocycles. The summed E-state index contributed by atoms with van der Waals surface area (Å²) in [6.07, 6.45) is -3.10. The summed E-state index contributed by atoms with van der Waals surface area (Å²) in [4.78, 5) is 2.18. The quantitative estimate of drug-likeness (QED) is 0.834. The average molecular weight is 338 g/mol. The van der Waals surface area contributed by atoms with Crippen LogP contribution in [0.2, 0.25) is 0 Å². The number of rotatable bonds is 3. The van der Waals surface area contributed by atoms with Gasteiger partial charge in [-0.3, -0.25) is 4.90 Å². The summed E-state index contributed by atoms with van der Waals surface area (Å²) < 4.78 is 43.4. The highest BCUT2D eigenvalue weighted by atomic mass is 79.9. The van der Waals surface area contributed by atoms with E-state index < -0.39 is 11.7 Å². The maximum Gasteiger partial charge on any atom is 0.416 e. The second-order valence-electron chi connectivity index (χ2n) is 4.69. The molecule has 0 aliphatic carbocycles. The van der Waals surface area contributed by atoms with Crippen LogP contribution in [0.1, 0.15) is 17.5 Å². The van der Waals surface area contributed by atoms with Crippen molar-refractivity contribution in [2.24, 2.45) is 0 Å². The van der Waals surface area contributed by atoms with E-state index in [-0.39, 0.29) is 6.10 Å². The predicted molar refractivity (Wildman–Crippen MR) is 69.8 cm³/mol. The van der Waals surface area contributed by atoms with E-state index >= 15 is 0 Å². The van der Waals surface area contributed by atoms with E-state index in [9.17, 15) is 13.2 Å². The first-order valence-electron chi connectivity index (χ1n) is 6.01. The van der Waals surface area contributed by atoms with Gasteiger partial charge in [-0.25, -0.2) is 0 Å². The molecule has 1 heterocycles. The lowest BCUT2D eigenvalue weighted by Crippen LogP contribution is -2.22. The number of ether oxygens (including phenoxy) is 1. The van der Waals surface area contributed by atoms with Gasteiger partial charge in [0.15, 0.2) is 0 Å². The third-order valence-electron chi connectivity index (χ3n) is 3.34. The molecule has 0 bridgehead atoms. The Bertz CT molecular complexity index is 450. The summed E-state index contributed by atoms with van der Waals surface area (Å²) in [6.45, 7) is 2.37. The fourth-order valence-electron chi connectivity index (χ4n) is 2.23. The van der Waals surface area contributed by atoms with Crippen LogP contribution in [-0.2, 0) is 17.5 Å². The Labute approximate surface area is 118 Å². The highest BCUT2D eigenvalue weighted by molar-refractivity contribution is 9.10. The van der Waals surface area contributed by atoms with Crippen LogP contribution in [0.25, 0.3) is 0 Å². The van der Waals surface area contributed by atoms with Gasteiger partial charge in [-0.15, -0.1) is 0 Å². The van der Waals surface area contributed by atoms with Crippen LogP contribution in [0, 0.1) is 0 Å². The van der Waals surface area contributed by atoms with Crippen molar-refractivity contribution in [3.05, 3.63) is 33.8 Å². The van der Waals surface area contributed by atoms with Gasteiger partial charge in [-0.2, -0.15) is 13.2 Å². The van der Waals surface area contributed by atoms with Crippen molar-refractivity contribution in [1.29, 1.82) is 0 Å². The van der Waals surface area contributed by atoms with Gasteiger partial charge in [0.1, 0.15) is 0 Å². The Morgan fingerprint density at radius 2 is 2.16 bits per heavy atom. The van der Waals surface area contributed by atoms with E-state index in [0.717, 1.165) is 37.2 Å². The van der Waals surface area contributed by atoms with Crippen molar-refractivity contribution in [2.45, 2.75) is 25.2 Å². The van der Waals surface area contributed by atoms with Crippen LogP contribution in [-0.4, -0.2) is 31.2 Å². The van der Waals surface area contributed by atoms with E-state index in [0.29, 0.717) is 11.0 Å². The first kappa shape index (κ1) is 14.8. The Balaban J connectivity index is 2.06. The van der Waals surface area contributed by atoms with Gasteiger partial charge in [0.2, 0.25) is 0 Å². The van der Waals surface area contributed by atoms with Crippen LogP contribution in [0.5, 0.6) is 0 Å². The van der Waals surface area contributed by atoms with E-state index in [1.165, 1.54) is 6.07 Å². The van der Waals surface area contributed by atoms with Crippen LogP contribution < -0.4 is 0 Å². The van der Waals surface area contributed by atoms with Gasteiger partial charge < -0.3 is 4.74 Å². The van der Waals surface area contributed by atoms with E-state index in [4.69, 9.17) is 4.74 Å². The number of hydrogen-bond acceptors (Lipinski definition) is 2. The number of halogens is 4. The molecule has 1 fully saturated rings. The third kappa shape index (κ3) is 3.70. The molecule has 1 aromatic carbocycles. The first-order valence-corrected chi connectivity index (χ1v) is 6.80. The van der Waals surface area contributed by atoms with Gasteiger partial charge >= 0.3 is 6.18 Å². The minimum atomic E-state index is -4.30. The topological polar surface area (TPSA) is 12.5 Å². The summed E-state index contributed by atoms with van der Waals surface area (Å²) in [7, 11) is 1.68. The average Bonchev–Trinajstić information content (AvgIpc) is 2.78. The van der Waals surface area contributed by atoms with Gasteiger partial charge in [-0.1, -0.05) is 22.0 Å². The molecule has 106 valence electrons. The molecular formula is C13H15BrF3NO. The molecular weight excluding hydrogens is 323 g/mol. The molecule has 6 heteroatoms. The molecule has 0 spiro atoms. The van der Waals surface area contributed by atoms with Crippen molar-refractivity contribution in [3.8, 4) is 0 Å². The molecule has 1 atom stereocenters. The fourth-order valence-corrected chi connectivity index (χ4v) is 2.73. The molecule has 0 aromatic heterocycles. The lowest BCUT2D eigenvalue weighted by atomic mass is 10.1. The zero-order chi connectivity index (χ0) is 14.0. The van der Waals surface area contributed by atoms with Crippen molar-refractivity contribution in [1.82, 2.24) is 4.90 Å². The molecule has 1 saturated heterocycles. The Kier molecular flexibility index (Phi) is 4.53. The van der Waals surface area contributed by atoms with E-state index in [1.807, 2.05) is 0 Å². The smallest absolute Gasteiger partial charge is 0.380 e. The summed E-state index contributed by atoms with van der Waals surface area (Å²) in [5.74, 6) is 0. The standard InChI is InChI=1S/C13H15BrF3NO/c1-19-11-4-5-18(8-11)7-9-2-3-10(6-12(9)14)13(15,16)17/h2-3,6,11H,4-5,7-8H2,1H3/t11-/m0/s1. The molecule has 0 unspecified atom stereocenters. The number of alkyl halides is 3. The number of nitrogens with zero attached hydrogens (tertiary/aromatic N) is 1. The molecule has 0 radical (unpaired) electrons. The molecule has 1 aliphatic heterocycles. The molecule has 19 heavy (non-hydrogen) atoms. The van der Waals surface area contributed by atoms with Crippen molar-refractivity contribution in [3.63, 3.8) is 0 Å². The summed E-state index contributed by atoms with van der Waals surface area (Å²) in [6, 6.07) is 3.80. The molecule has 2 rings (SSSR count). The van der Waals surface area contributed by atoms with Crippen LogP contribution >= 0.6 is 15.9 Å². The zero-order valence-electron chi connectivity index (χ0n) is 10.5. The van der Waals surface area contributed by atoms with Gasteiger partial charge in [0, 0.05) is 31.2 Å². The number of methoxy groups -OCH3 is 1. The molecule has 0 amide bonds. The molecule has 1 aromatic rings. The Hall–Kier alpha value is -0.590.